The number of benzene rings is 1. The summed E-state index contributed by atoms with van der Waals surface area (Å²) in [7, 11) is 0. The lowest BCUT2D eigenvalue weighted by Gasteiger charge is -2.52. The minimum atomic E-state index is 0.130. The standard InChI is InChI=1S/C29H36N4O/c1-5-7-27-33(24-13-22(14-24)12-20(2)3)28(34-27)23-8-6-11-29(4,16-23)18-32-19-31-25-10-9-21(17-30)15-26(25)32/h7,9-10,13-15,19-20,23,28H,5-6,8,11-12,16,18H2,1-4H3/b27-7+. The van der Waals surface area contributed by atoms with Crippen molar-refractivity contribution in [2.75, 3.05) is 0 Å². The lowest BCUT2D eigenvalue weighted by Crippen LogP contribution is -2.53. The maximum absolute atomic E-state index is 9.33. The number of allylic oxidation sites excluding steroid dienone is 4. The molecule has 1 aromatic carbocycles. The predicted molar refractivity (Wildman–Crippen MR) is 135 cm³/mol. The summed E-state index contributed by atoms with van der Waals surface area (Å²) in [5, 5.41) is 9.33. The summed E-state index contributed by atoms with van der Waals surface area (Å²) >= 11 is 0. The van der Waals surface area contributed by atoms with E-state index < -0.39 is 0 Å². The zero-order chi connectivity index (χ0) is 23.9. The second-order valence-corrected chi connectivity index (χ2v) is 11.1. The summed E-state index contributed by atoms with van der Waals surface area (Å²) in [5.74, 6) is 2.21. The molecular formula is C29H36N4O. The fourth-order valence-corrected chi connectivity index (χ4v) is 5.99. The van der Waals surface area contributed by atoms with Crippen molar-refractivity contribution >= 4 is 11.0 Å². The summed E-state index contributed by atoms with van der Waals surface area (Å²) < 4.78 is 8.64. The fraction of sp³-hybridized carbons (Fsp3) is 0.517. The molecule has 1 saturated heterocycles. The van der Waals surface area contributed by atoms with Crippen LogP contribution in [-0.4, -0.2) is 20.7 Å². The van der Waals surface area contributed by atoms with Gasteiger partial charge in [-0.1, -0.05) is 34.1 Å². The van der Waals surface area contributed by atoms with Crippen molar-refractivity contribution in [1.29, 1.82) is 5.26 Å². The molecule has 1 aliphatic heterocycles. The van der Waals surface area contributed by atoms with Gasteiger partial charge < -0.3 is 9.30 Å². The maximum atomic E-state index is 9.33. The molecule has 2 aliphatic carbocycles. The Morgan fingerprint density at radius 3 is 2.88 bits per heavy atom. The van der Waals surface area contributed by atoms with E-state index in [0.717, 1.165) is 42.7 Å². The van der Waals surface area contributed by atoms with Gasteiger partial charge in [0.2, 0.25) is 0 Å². The molecule has 178 valence electrons. The molecule has 5 nitrogen and oxygen atoms in total. The second-order valence-electron chi connectivity index (χ2n) is 11.1. The van der Waals surface area contributed by atoms with Crippen LogP contribution in [-0.2, 0) is 11.3 Å². The molecule has 2 aromatic rings. The lowest BCUT2D eigenvalue weighted by atomic mass is 9.69. The fourth-order valence-electron chi connectivity index (χ4n) is 5.99. The summed E-state index contributed by atoms with van der Waals surface area (Å²) in [6, 6.07) is 8.02. The molecule has 5 heteroatoms. The van der Waals surface area contributed by atoms with Gasteiger partial charge in [0.1, 0.15) is 0 Å². The minimum Gasteiger partial charge on any atom is -0.455 e. The molecule has 3 atom stereocenters. The van der Waals surface area contributed by atoms with Crippen LogP contribution in [0.1, 0.15) is 71.8 Å². The third kappa shape index (κ3) is 4.27. The zero-order valence-electron chi connectivity index (χ0n) is 20.9. The first-order valence-electron chi connectivity index (χ1n) is 12.8. The Kier molecular flexibility index (Phi) is 6.02. The monoisotopic (exact) mass is 456 g/mol. The first kappa shape index (κ1) is 22.8. The van der Waals surface area contributed by atoms with E-state index in [4.69, 9.17) is 4.74 Å². The first-order valence-corrected chi connectivity index (χ1v) is 12.8. The first-order chi connectivity index (χ1) is 16.4. The number of rotatable bonds is 7. The molecule has 3 unspecified atom stereocenters. The van der Waals surface area contributed by atoms with Gasteiger partial charge >= 0.3 is 0 Å². The van der Waals surface area contributed by atoms with Crippen molar-refractivity contribution in [3.05, 3.63) is 65.5 Å². The molecule has 1 saturated carbocycles. The van der Waals surface area contributed by atoms with Gasteiger partial charge in [-0.3, -0.25) is 4.90 Å². The topological polar surface area (TPSA) is 54.1 Å². The van der Waals surface area contributed by atoms with Gasteiger partial charge in [0.25, 0.3) is 0 Å². The number of nitrogens with zero attached hydrogens (tertiary/aromatic N) is 4. The quantitative estimate of drug-likeness (QED) is 0.455. The highest BCUT2D eigenvalue weighted by Crippen LogP contribution is 2.48. The normalized spacial score (nSPS) is 27.6. The summed E-state index contributed by atoms with van der Waals surface area (Å²) in [4.78, 5) is 7.02. The maximum Gasteiger partial charge on any atom is 0.195 e. The smallest absolute Gasteiger partial charge is 0.195 e. The van der Waals surface area contributed by atoms with Crippen LogP contribution >= 0.6 is 0 Å². The molecule has 0 spiro atoms. The van der Waals surface area contributed by atoms with Crippen LogP contribution < -0.4 is 0 Å². The average molecular weight is 457 g/mol. The van der Waals surface area contributed by atoms with Crippen molar-refractivity contribution in [3.63, 3.8) is 0 Å². The van der Waals surface area contributed by atoms with Gasteiger partial charge in [0, 0.05) is 18.2 Å². The Morgan fingerprint density at radius 2 is 2.15 bits per heavy atom. The third-order valence-corrected chi connectivity index (χ3v) is 7.52. The van der Waals surface area contributed by atoms with E-state index in [-0.39, 0.29) is 11.6 Å². The Balaban J connectivity index is 1.32. The van der Waals surface area contributed by atoms with Crippen LogP contribution in [0.3, 0.4) is 0 Å². The lowest BCUT2D eigenvalue weighted by molar-refractivity contribution is -0.172. The van der Waals surface area contributed by atoms with Crippen LogP contribution in [0.15, 0.2) is 59.9 Å². The van der Waals surface area contributed by atoms with Gasteiger partial charge in [0.15, 0.2) is 12.1 Å². The van der Waals surface area contributed by atoms with E-state index in [2.05, 4.69) is 66.4 Å². The molecular weight excluding hydrogens is 420 g/mol. The van der Waals surface area contributed by atoms with Gasteiger partial charge in [0.05, 0.1) is 29.0 Å². The van der Waals surface area contributed by atoms with E-state index in [1.807, 2.05) is 24.5 Å². The van der Waals surface area contributed by atoms with Crippen LogP contribution in [0.2, 0.25) is 0 Å². The molecule has 0 radical (unpaired) electrons. The zero-order valence-corrected chi connectivity index (χ0v) is 20.9. The SMILES string of the molecule is CC/C=C1/OC(C2CCCC(C)(Cn3cnc4ccc(C#N)cc43)C2)N1C1=CC(CC(C)C)=C1. The van der Waals surface area contributed by atoms with Crippen molar-refractivity contribution in [2.45, 2.75) is 79.0 Å². The Bertz CT molecular complexity index is 1210. The van der Waals surface area contributed by atoms with Gasteiger partial charge in [-0.15, -0.1) is 0 Å². The number of fused-ring (bicyclic) bond motifs is 1. The van der Waals surface area contributed by atoms with E-state index >= 15 is 0 Å². The van der Waals surface area contributed by atoms with Crippen LogP contribution in [0.5, 0.6) is 0 Å². The summed E-state index contributed by atoms with van der Waals surface area (Å²) in [6.45, 7) is 10.0. The van der Waals surface area contributed by atoms with Crippen molar-refractivity contribution in [2.24, 2.45) is 17.3 Å². The van der Waals surface area contributed by atoms with Gasteiger partial charge in [-0.2, -0.15) is 5.26 Å². The van der Waals surface area contributed by atoms with Crippen molar-refractivity contribution < 1.29 is 4.74 Å². The van der Waals surface area contributed by atoms with Gasteiger partial charge in [-0.25, -0.2) is 4.98 Å². The summed E-state index contributed by atoms with van der Waals surface area (Å²) in [5.41, 5.74) is 5.63. The highest BCUT2D eigenvalue weighted by atomic mass is 16.6. The number of aromatic nitrogens is 2. The number of nitriles is 1. The minimum absolute atomic E-state index is 0.130. The number of hydrogen-bond acceptors (Lipinski definition) is 4. The molecule has 1 aromatic heterocycles. The Labute approximate surface area is 203 Å². The molecule has 34 heavy (non-hydrogen) atoms. The molecule has 0 N–H and O–H groups in total. The van der Waals surface area contributed by atoms with E-state index in [1.165, 1.54) is 30.5 Å². The molecule has 3 aliphatic rings. The molecule has 0 bridgehead atoms. The number of imidazole rings is 1. The van der Waals surface area contributed by atoms with Crippen LogP contribution in [0.25, 0.3) is 11.0 Å². The predicted octanol–water partition coefficient (Wildman–Crippen LogP) is 6.88. The number of ether oxygens (including phenoxy) is 1. The molecule has 2 fully saturated rings. The van der Waals surface area contributed by atoms with Crippen LogP contribution in [0.4, 0.5) is 0 Å². The van der Waals surface area contributed by atoms with Gasteiger partial charge in [-0.05, 0) is 85.4 Å². The Hall–Kier alpha value is -3.00. The number of hydrogen-bond donors (Lipinski definition) is 0. The van der Waals surface area contributed by atoms with Crippen molar-refractivity contribution in [1.82, 2.24) is 14.5 Å². The summed E-state index contributed by atoms with van der Waals surface area (Å²) in [6.07, 6.45) is 15.8. The third-order valence-electron chi connectivity index (χ3n) is 7.52. The Morgan fingerprint density at radius 1 is 1.32 bits per heavy atom. The van der Waals surface area contributed by atoms with E-state index in [9.17, 15) is 5.26 Å². The molecule has 5 rings (SSSR count). The molecule has 2 heterocycles. The second kappa shape index (κ2) is 8.98. The highest BCUT2D eigenvalue weighted by molar-refractivity contribution is 5.77. The highest BCUT2D eigenvalue weighted by Gasteiger charge is 2.46. The van der Waals surface area contributed by atoms with E-state index in [0.29, 0.717) is 17.4 Å². The largest absolute Gasteiger partial charge is 0.455 e. The van der Waals surface area contributed by atoms with Crippen LogP contribution in [0, 0.1) is 28.6 Å². The van der Waals surface area contributed by atoms with Crippen molar-refractivity contribution in [3.8, 4) is 6.07 Å². The molecule has 0 amide bonds. The average Bonchev–Trinajstić information content (AvgIpc) is 3.15. The van der Waals surface area contributed by atoms with E-state index in [1.54, 1.807) is 0 Å².